The molecule has 0 N–H and O–H groups in total. The van der Waals surface area contributed by atoms with Crippen LogP contribution in [-0.4, -0.2) is 15.9 Å². The Labute approximate surface area is 132 Å². The molecule has 2 aromatic heterocycles. The van der Waals surface area contributed by atoms with E-state index in [0.717, 1.165) is 26.4 Å². The molecule has 0 aliphatic rings. The highest BCUT2D eigenvalue weighted by molar-refractivity contribution is 7.18. The number of rotatable bonds is 2. The molecular formula is C17H17N3OS. The summed E-state index contributed by atoms with van der Waals surface area (Å²) in [5.41, 5.74) is 3.01. The van der Waals surface area contributed by atoms with E-state index in [0.29, 0.717) is 11.2 Å². The first kappa shape index (κ1) is 14.7. The Kier molecular flexibility index (Phi) is 3.66. The lowest BCUT2D eigenvalue weighted by molar-refractivity contribution is 0.772. The molecule has 5 heteroatoms. The number of nitrogens with zero attached hydrogens (tertiary/aromatic N) is 3. The zero-order valence-electron chi connectivity index (χ0n) is 13.0. The van der Waals surface area contributed by atoms with Crippen molar-refractivity contribution in [1.82, 2.24) is 9.66 Å². The molecule has 0 amide bonds. The van der Waals surface area contributed by atoms with Crippen molar-refractivity contribution in [2.24, 2.45) is 5.10 Å². The first-order chi connectivity index (χ1) is 10.5. The first-order valence-corrected chi connectivity index (χ1v) is 7.90. The maximum Gasteiger partial charge on any atom is 0.283 e. The Morgan fingerprint density at radius 1 is 1.18 bits per heavy atom. The number of hydrogen-bond donors (Lipinski definition) is 0. The molecule has 4 nitrogen and oxygen atoms in total. The van der Waals surface area contributed by atoms with Gasteiger partial charge in [-0.05, 0) is 44.4 Å². The van der Waals surface area contributed by atoms with E-state index in [4.69, 9.17) is 0 Å². The fourth-order valence-corrected chi connectivity index (χ4v) is 3.44. The van der Waals surface area contributed by atoms with Crippen LogP contribution in [0.25, 0.3) is 10.2 Å². The normalized spacial score (nSPS) is 11.6. The molecule has 0 radical (unpaired) electrons. The Hall–Kier alpha value is -2.27. The van der Waals surface area contributed by atoms with E-state index in [9.17, 15) is 4.79 Å². The SMILES string of the molecule is Cc1ccccc1C=Nn1c(C)nc2sc(C)c(C)c2c1=O. The van der Waals surface area contributed by atoms with Gasteiger partial charge in [-0.1, -0.05) is 24.3 Å². The molecule has 0 bridgehead atoms. The first-order valence-electron chi connectivity index (χ1n) is 7.08. The number of aryl methyl sites for hydroxylation is 4. The van der Waals surface area contributed by atoms with Gasteiger partial charge >= 0.3 is 0 Å². The summed E-state index contributed by atoms with van der Waals surface area (Å²) in [6.07, 6.45) is 1.71. The molecule has 0 unspecified atom stereocenters. The standard InChI is InChI=1S/C17H17N3OS/c1-10-7-5-6-8-14(10)9-18-20-13(4)19-16-15(17(20)21)11(2)12(3)22-16/h5-9H,1-4H3. The van der Waals surface area contributed by atoms with Crippen molar-refractivity contribution < 1.29 is 0 Å². The van der Waals surface area contributed by atoms with Crippen molar-refractivity contribution in [2.45, 2.75) is 27.7 Å². The summed E-state index contributed by atoms with van der Waals surface area (Å²) in [7, 11) is 0. The smallest absolute Gasteiger partial charge is 0.267 e. The molecule has 2 heterocycles. The average molecular weight is 311 g/mol. The van der Waals surface area contributed by atoms with Gasteiger partial charge in [-0.15, -0.1) is 11.3 Å². The van der Waals surface area contributed by atoms with Crippen molar-refractivity contribution in [3.05, 3.63) is 62.0 Å². The third-order valence-electron chi connectivity index (χ3n) is 3.84. The number of thiophene rings is 1. The second-order valence-corrected chi connectivity index (χ2v) is 6.54. The lowest BCUT2D eigenvalue weighted by Crippen LogP contribution is -2.20. The summed E-state index contributed by atoms with van der Waals surface area (Å²) in [6, 6.07) is 7.93. The Morgan fingerprint density at radius 3 is 2.64 bits per heavy atom. The van der Waals surface area contributed by atoms with Crippen molar-refractivity contribution in [1.29, 1.82) is 0 Å². The fraction of sp³-hybridized carbons (Fsp3) is 0.235. The van der Waals surface area contributed by atoms with Gasteiger partial charge in [0.15, 0.2) is 0 Å². The molecule has 1 aromatic carbocycles. The van der Waals surface area contributed by atoms with Gasteiger partial charge < -0.3 is 0 Å². The molecular weight excluding hydrogens is 294 g/mol. The zero-order valence-corrected chi connectivity index (χ0v) is 13.9. The molecule has 3 rings (SSSR count). The monoisotopic (exact) mass is 311 g/mol. The van der Waals surface area contributed by atoms with Crippen LogP contribution in [0.1, 0.15) is 27.4 Å². The minimum Gasteiger partial charge on any atom is -0.267 e. The predicted molar refractivity (Wildman–Crippen MR) is 92.3 cm³/mol. The van der Waals surface area contributed by atoms with Gasteiger partial charge in [-0.3, -0.25) is 4.79 Å². The summed E-state index contributed by atoms with van der Waals surface area (Å²) in [4.78, 5) is 19.1. The van der Waals surface area contributed by atoms with Crippen molar-refractivity contribution in [3.63, 3.8) is 0 Å². The van der Waals surface area contributed by atoms with Crippen molar-refractivity contribution in [2.75, 3.05) is 0 Å². The molecule has 112 valence electrons. The highest BCUT2D eigenvalue weighted by atomic mass is 32.1. The Bertz CT molecular complexity index is 950. The van der Waals surface area contributed by atoms with Gasteiger partial charge in [0.1, 0.15) is 10.7 Å². The molecule has 0 saturated carbocycles. The largest absolute Gasteiger partial charge is 0.283 e. The second kappa shape index (κ2) is 5.50. The van der Waals surface area contributed by atoms with Crippen LogP contribution in [0.3, 0.4) is 0 Å². The van der Waals surface area contributed by atoms with Crippen LogP contribution in [0, 0.1) is 27.7 Å². The minimum atomic E-state index is -0.103. The van der Waals surface area contributed by atoms with Crippen LogP contribution in [-0.2, 0) is 0 Å². The number of benzene rings is 1. The Morgan fingerprint density at radius 2 is 1.91 bits per heavy atom. The summed E-state index contributed by atoms with van der Waals surface area (Å²) in [5.74, 6) is 0.601. The lowest BCUT2D eigenvalue weighted by Gasteiger charge is -2.04. The topological polar surface area (TPSA) is 47.2 Å². The number of hydrogen-bond acceptors (Lipinski definition) is 4. The van der Waals surface area contributed by atoms with E-state index in [2.05, 4.69) is 10.1 Å². The summed E-state index contributed by atoms with van der Waals surface area (Å²) in [5, 5.41) is 5.03. The van der Waals surface area contributed by atoms with Crippen molar-refractivity contribution in [3.8, 4) is 0 Å². The number of aromatic nitrogens is 2. The molecule has 22 heavy (non-hydrogen) atoms. The highest BCUT2D eigenvalue weighted by Gasteiger charge is 2.14. The molecule has 3 aromatic rings. The van der Waals surface area contributed by atoms with Gasteiger partial charge in [0, 0.05) is 4.88 Å². The van der Waals surface area contributed by atoms with Crippen LogP contribution < -0.4 is 5.56 Å². The highest BCUT2D eigenvalue weighted by Crippen LogP contribution is 2.26. The number of fused-ring (bicyclic) bond motifs is 1. The maximum atomic E-state index is 12.7. The van der Waals surface area contributed by atoms with Gasteiger partial charge in [0.25, 0.3) is 5.56 Å². The van der Waals surface area contributed by atoms with E-state index in [1.807, 2.05) is 45.0 Å². The van der Waals surface area contributed by atoms with Crippen molar-refractivity contribution >= 4 is 27.8 Å². The van der Waals surface area contributed by atoms with Gasteiger partial charge in [-0.25, -0.2) is 4.98 Å². The van der Waals surface area contributed by atoms with Gasteiger partial charge in [-0.2, -0.15) is 9.78 Å². The summed E-state index contributed by atoms with van der Waals surface area (Å²) < 4.78 is 1.38. The van der Waals surface area contributed by atoms with E-state index in [1.54, 1.807) is 24.5 Å². The van der Waals surface area contributed by atoms with E-state index < -0.39 is 0 Å². The fourth-order valence-electron chi connectivity index (χ4n) is 2.37. The third kappa shape index (κ3) is 2.37. The quantitative estimate of drug-likeness (QED) is 0.679. The summed E-state index contributed by atoms with van der Waals surface area (Å²) in [6.45, 7) is 7.80. The van der Waals surface area contributed by atoms with Crippen LogP contribution in [0.2, 0.25) is 0 Å². The predicted octanol–water partition coefficient (Wildman–Crippen LogP) is 3.57. The molecule has 0 fully saturated rings. The third-order valence-corrected chi connectivity index (χ3v) is 4.94. The molecule has 0 aliphatic heterocycles. The average Bonchev–Trinajstić information content (AvgIpc) is 2.75. The summed E-state index contributed by atoms with van der Waals surface area (Å²) >= 11 is 1.56. The zero-order chi connectivity index (χ0) is 15.9. The lowest BCUT2D eigenvalue weighted by atomic mass is 10.1. The van der Waals surface area contributed by atoms with Crippen LogP contribution in [0.4, 0.5) is 0 Å². The van der Waals surface area contributed by atoms with Gasteiger partial charge in [0.05, 0.1) is 11.6 Å². The van der Waals surface area contributed by atoms with E-state index >= 15 is 0 Å². The van der Waals surface area contributed by atoms with Crippen LogP contribution in [0.15, 0.2) is 34.2 Å². The Balaban J connectivity index is 2.17. The van der Waals surface area contributed by atoms with Crippen LogP contribution >= 0.6 is 11.3 Å². The van der Waals surface area contributed by atoms with E-state index in [-0.39, 0.29) is 5.56 Å². The van der Waals surface area contributed by atoms with Gasteiger partial charge in [0.2, 0.25) is 0 Å². The minimum absolute atomic E-state index is 0.103. The molecule has 0 saturated heterocycles. The molecule has 0 atom stereocenters. The van der Waals surface area contributed by atoms with Crippen LogP contribution in [0.5, 0.6) is 0 Å². The maximum absolute atomic E-state index is 12.7. The van der Waals surface area contributed by atoms with E-state index in [1.165, 1.54) is 4.68 Å². The second-order valence-electron chi connectivity index (χ2n) is 5.34. The molecule has 0 aliphatic carbocycles. The molecule has 0 spiro atoms.